The van der Waals surface area contributed by atoms with Gasteiger partial charge in [-0.1, -0.05) is 67.6 Å². The lowest BCUT2D eigenvalue weighted by atomic mass is 9.86. The summed E-state index contributed by atoms with van der Waals surface area (Å²) in [5, 5.41) is 0. The molecule has 0 aliphatic carbocycles. The molecule has 0 unspecified atom stereocenters. The minimum absolute atomic E-state index is 0.191. The Morgan fingerprint density at radius 2 is 1.57 bits per heavy atom. The van der Waals surface area contributed by atoms with Gasteiger partial charge in [0.2, 0.25) is 0 Å². The highest BCUT2D eigenvalue weighted by Gasteiger charge is 2.66. The van der Waals surface area contributed by atoms with Gasteiger partial charge in [-0.2, -0.15) is 0 Å². The molecule has 0 amide bonds. The predicted molar refractivity (Wildman–Crippen MR) is 84.0 cm³/mol. The fourth-order valence-electron chi connectivity index (χ4n) is 3.03. The molecule has 1 aliphatic heterocycles. The number of epoxide rings is 1. The van der Waals surface area contributed by atoms with Crippen molar-refractivity contribution in [2.24, 2.45) is 0 Å². The average molecular weight is 282 g/mol. The third-order valence-corrected chi connectivity index (χ3v) is 4.57. The molecule has 1 aliphatic rings. The maximum Gasteiger partial charge on any atom is 0.125 e. The SMILES string of the molecule is CC[C@@]1(COCc2ccccc2)O[C@]1(C)c1ccccc1. The molecule has 1 heterocycles. The van der Waals surface area contributed by atoms with E-state index in [2.05, 4.69) is 50.2 Å². The highest BCUT2D eigenvalue weighted by Crippen LogP contribution is 2.57. The highest BCUT2D eigenvalue weighted by atomic mass is 16.7. The van der Waals surface area contributed by atoms with Crippen LogP contribution in [0.15, 0.2) is 60.7 Å². The molecule has 0 radical (unpaired) electrons. The van der Waals surface area contributed by atoms with E-state index in [9.17, 15) is 0 Å². The maximum absolute atomic E-state index is 6.14. The summed E-state index contributed by atoms with van der Waals surface area (Å²) in [6.45, 7) is 5.60. The Morgan fingerprint density at radius 3 is 2.19 bits per heavy atom. The number of benzene rings is 2. The van der Waals surface area contributed by atoms with Gasteiger partial charge < -0.3 is 9.47 Å². The van der Waals surface area contributed by atoms with Crippen LogP contribution in [0.5, 0.6) is 0 Å². The molecule has 1 saturated heterocycles. The Bertz CT molecular complexity index is 581. The fraction of sp³-hybridized carbons (Fsp3) is 0.368. The molecule has 0 saturated carbocycles. The van der Waals surface area contributed by atoms with Crippen LogP contribution in [0.3, 0.4) is 0 Å². The summed E-state index contributed by atoms with van der Waals surface area (Å²) in [6.07, 6.45) is 0.952. The molecule has 0 aromatic heterocycles. The Hall–Kier alpha value is -1.64. The normalized spacial score (nSPS) is 27.5. The van der Waals surface area contributed by atoms with Gasteiger partial charge in [0.1, 0.15) is 11.2 Å². The third-order valence-electron chi connectivity index (χ3n) is 4.57. The summed E-state index contributed by atoms with van der Waals surface area (Å²) in [5.74, 6) is 0. The van der Waals surface area contributed by atoms with Crippen molar-refractivity contribution in [3.05, 3.63) is 71.8 Å². The zero-order chi connectivity index (χ0) is 14.8. The van der Waals surface area contributed by atoms with Crippen LogP contribution in [0.4, 0.5) is 0 Å². The lowest BCUT2D eigenvalue weighted by molar-refractivity contribution is 0.0661. The lowest BCUT2D eigenvalue weighted by Crippen LogP contribution is -2.26. The van der Waals surface area contributed by atoms with Crippen molar-refractivity contribution in [3.8, 4) is 0 Å². The van der Waals surface area contributed by atoms with E-state index in [1.165, 1.54) is 11.1 Å². The van der Waals surface area contributed by atoms with E-state index < -0.39 is 0 Å². The standard InChI is InChI=1S/C19H22O2/c1-3-19(15-20-14-16-10-6-4-7-11-16)18(2,21-19)17-12-8-5-9-13-17/h4-13H,3,14-15H2,1-2H3/t18-,19+/m1/s1. The van der Waals surface area contributed by atoms with Gasteiger partial charge in [0.05, 0.1) is 13.2 Å². The van der Waals surface area contributed by atoms with Gasteiger partial charge >= 0.3 is 0 Å². The molecular formula is C19H22O2. The van der Waals surface area contributed by atoms with E-state index in [1.54, 1.807) is 0 Å². The highest BCUT2D eigenvalue weighted by molar-refractivity contribution is 5.32. The number of hydrogen-bond acceptors (Lipinski definition) is 2. The molecule has 3 rings (SSSR count). The lowest BCUT2D eigenvalue weighted by Gasteiger charge is -2.16. The van der Waals surface area contributed by atoms with Crippen molar-refractivity contribution in [2.45, 2.75) is 38.1 Å². The first kappa shape index (κ1) is 14.3. The quantitative estimate of drug-likeness (QED) is 0.737. The van der Waals surface area contributed by atoms with E-state index in [1.807, 2.05) is 24.3 Å². The van der Waals surface area contributed by atoms with Crippen LogP contribution in [-0.4, -0.2) is 12.2 Å². The van der Waals surface area contributed by atoms with Crippen molar-refractivity contribution in [1.82, 2.24) is 0 Å². The molecule has 110 valence electrons. The first-order valence-electron chi connectivity index (χ1n) is 7.57. The number of ether oxygens (including phenoxy) is 2. The zero-order valence-electron chi connectivity index (χ0n) is 12.7. The van der Waals surface area contributed by atoms with Gasteiger partial charge in [0.15, 0.2) is 0 Å². The van der Waals surface area contributed by atoms with E-state index in [0.29, 0.717) is 13.2 Å². The Morgan fingerprint density at radius 1 is 0.952 bits per heavy atom. The maximum atomic E-state index is 6.14. The number of hydrogen-bond donors (Lipinski definition) is 0. The van der Waals surface area contributed by atoms with Crippen LogP contribution in [-0.2, 0) is 21.7 Å². The minimum Gasteiger partial charge on any atom is -0.374 e. The molecule has 2 aromatic rings. The van der Waals surface area contributed by atoms with Crippen molar-refractivity contribution in [2.75, 3.05) is 6.61 Å². The summed E-state index contributed by atoms with van der Waals surface area (Å²) in [5.41, 5.74) is 2.02. The van der Waals surface area contributed by atoms with Gasteiger partial charge in [-0.25, -0.2) is 0 Å². The second-order valence-corrected chi connectivity index (χ2v) is 5.83. The van der Waals surface area contributed by atoms with Crippen LogP contribution in [0, 0.1) is 0 Å². The summed E-state index contributed by atoms with van der Waals surface area (Å²) in [4.78, 5) is 0. The Balaban J connectivity index is 1.64. The van der Waals surface area contributed by atoms with Gasteiger partial charge in [-0.3, -0.25) is 0 Å². The van der Waals surface area contributed by atoms with E-state index in [0.717, 1.165) is 6.42 Å². The second-order valence-electron chi connectivity index (χ2n) is 5.83. The molecule has 2 heteroatoms. The van der Waals surface area contributed by atoms with E-state index in [4.69, 9.17) is 9.47 Å². The van der Waals surface area contributed by atoms with Gasteiger partial charge in [-0.05, 0) is 24.5 Å². The molecule has 21 heavy (non-hydrogen) atoms. The summed E-state index contributed by atoms with van der Waals surface area (Å²) in [6, 6.07) is 20.7. The molecule has 2 atom stereocenters. The molecular weight excluding hydrogens is 260 g/mol. The van der Waals surface area contributed by atoms with Gasteiger partial charge in [0, 0.05) is 0 Å². The summed E-state index contributed by atoms with van der Waals surface area (Å²) in [7, 11) is 0. The second kappa shape index (κ2) is 5.63. The smallest absolute Gasteiger partial charge is 0.125 e. The third kappa shape index (κ3) is 2.61. The van der Waals surface area contributed by atoms with Crippen LogP contribution < -0.4 is 0 Å². The van der Waals surface area contributed by atoms with Crippen molar-refractivity contribution in [1.29, 1.82) is 0 Å². The topological polar surface area (TPSA) is 21.8 Å². The molecule has 1 fully saturated rings. The van der Waals surface area contributed by atoms with Gasteiger partial charge in [0.25, 0.3) is 0 Å². The van der Waals surface area contributed by atoms with Crippen LogP contribution in [0.25, 0.3) is 0 Å². The molecule has 0 bridgehead atoms. The van der Waals surface area contributed by atoms with Gasteiger partial charge in [-0.15, -0.1) is 0 Å². The Kier molecular flexibility index (Phi) is 3.83. The van der Waals surface area contributed by atoms with Crippen LogP contribution in [0.2, 0.25) is 0 Å². The van der Waals surface area contributed by atoms with Crippen LogP contribution in [0.1, 0.15) is 31.4 Å². The van der Waals surface area contributed by atoms with Crippen molar-refractivity contribution >= 4 is 0 Å². The molecule has 2 aromatic carbocycles. The number of rotatable bonds is 6. The average Bonchev–Trinajstić information content (AvgIpc) is 3.16. The predicted octanol–water partition coefficient (Wildman–Crippen LogP) is 4.30. The summed E-state index contributed by atoms with van der Waals surface area (Å²) < 4.78 is 12.1. The fourth-order valence-corrected chi connectivity index (χ4v) is 3.03. The van der Waals surface area contributed by atoms with E-state index in [-0.39, 0.29) is 11.2 Å². The first-order valence-corrected chi connectivity index (χ1v) is 7.57. The first-order chi connectivity index (χ1) is 10.2. The molecule has 0 spiro atoms. The van der Waals surface area contributed by atoms with E-state index >= 15 is 0 Å². The largest absolute Gasteiger partial charge is 0.374 e. The summed E-state index contributed by atoms with van der Waals surface area (Å²) >= 11 is 0. The monoisotopic (exact) mass is 282 g/mol. The van der Waals surface area contributed by atoms with Crippen LogP contribution >= 0.6 is 0 Å². The van der Waals surface area contributed by atoms with Crippen molar-refractivity contribution < 1.29 is 9.47 Å². The zero-order valence-corrected chi connectivity index (χ0v) is 12.7. The Labute approximate surface area is 126 Å². The molecule has 0 N–H and O–H groups in total. The minimum atomic E-state index is -0.223. The van der Waals surface area contributed by atoms with Crippen molar-refractivity contribution in [3.63, 3.8) is 0 Å². The molecule has 2 nitrogen and oxygen atoms in total.